The second kappa shape index (κ2) is 13.0. The lowest BCUT2D eigenvalue weighted by atomic mass is 9.89. The van der Waals surface area contributed by atoms with Gasteiger partial charge >= 0.3 is 0 Å². The molecule has 0 aliphatic heterocycles. The van der Waals surface area contributed by atoms with Crippen LogP contribution in [0.15, 0.2) is 124 Å². The summed E-state index contributed by atoms with van der Waals surface area (Å²) in [7, 11) is 3.33. The van der Waals surface area contributed by atoms with Crippen LogP contribution in [0.3, 0.4) is 0 Å². The Balaban J connectivity index is 1.59. The van der Waals surface area contributed by atoms with Crippen LogP contribution in [0, 0.1) is 11.8 Å². The van der Waals surface area contributed by atoms with Crippen LogP contribution in [0.4, 0.5) is 0 Å². The number of benzene rings is 4. The molecule has 0 N–H and O–H groups in total. The van der Waals surface area contributed by atoms with E-state index in [1.165, 1.54) is 14.7 Å². The maximum atomic E-state index is 13.6. The summed E-state index contributed by atoms with van der Waals surface area (Å²) in [5, 5.41) is 0. The summed E-state index contributed by atoms with van der Waals surface area (Å²) in [5.41, 5.74) is 1.06. The van der Waals surface area contributed by atoms with Crippen molar-refractivity contribution in [1.82, 2.24) is 0 Å². The highest BCUT2D eigenvalue weighted by atomic mass is 32.3. The molecule has 0 saturated heterocycles. The predicted molar refractivity (Wildman–Crippen MR) is 164 cm³/mol. The minimum absolute atomic E-state index is 0.120. The van der Waals surface area contributed by atoms with Crippen molar-refractivity contribution < 1.29 is 14.3 Å². The summed E-state index contributed by atoms with van der Waals surface area (Å²) in [6.45, 7) is 0. The van der Waals surface area contributed by atoms with Crippen LogP contribution in [0.5, 0.6) is 11.5 Å². The fourth-order valence-corrected chi connectivity index (χ4v) is 10.5. The molecule has 3 nitrogen and oxygen atoms in total. The van der Waals surface area contributed by atoms with E-state index in [9.17, 15) is 4.79 Å². The second-order valence-electron chi connectivity index (χ2n) is 9.49. The van der Waals surface area contributed by atoms with Gasteiger partial charge in [-0.05, 0) is 66.9 Å². The Bertz CT molecular complexity index is 1240. The smallest absolute Gasteiger partial charge is 0.136 e. The van der Waals surface area contributed by atoms with Gasteiger partial charge in [0.2, 0.25) is 0 Å². The molecule has 1 aliphatic rings. The lowest BCUT2D eigenvalue weighted by Gasteiger charge is -2.40. The van der Waals surface area contributed by atoms with Crippen molar-refractivity contribution >= 4 is 41.1 Å². The van der Waals surface area contributed by atoms with Crippen LogP contribution in [0.25, 0.3) is 0 Å². The SMILES string of the molecule is COc1cc(C[C@H]2C(=O)CC[C@@H]2C(Sc2ccccc2)(Sc2ccccc2)Sc2ccccc2)cc(OC)c1. The van der Waals surface area contributed by atoms with E-state index in [0.29, 0.717) is 18.6 Å². The summed E-state index contributed by atoms with van der Waals surface area (Å²) in [6.07, 6.45) is 2.10. The van der Waals surface area contributed by atoms with Gasteiger partial charge in [-0.1, -0.05) is 89.9 Å². The first-order valence-electron chi connectivity index (χ1n) is 13.1. The summed E-state index contributed by atoms with van der Waals surface area (Å²) >= 11 is 5.64. The van der Waals surface area contributed by atoms with Crippen molar-refractivity contribution in [3.05, 3.63) is 115 Å². The molecule has 4 aromatic rings. The van der Waals surface area contributed by atoms with Gasteiger partial charge in [-0.25, -0.2) is 0 Å². The Kier molecular flexibility index (Phi) is 9.28. The van der Waals surface area contributed by atoms with Gasteiger partial charge in [-0.3, -0.25) is 4.79 Å². The van der Waals surface area contributed by atoms with Crippen molar-refractivity contribution in [3.8, 4) is 11.5 Å². The van der Waals surface area contributed by atoms with Gasteiger partial charge in [0.15, 0.2) is 0 Å². The average molecular weight is 573 g/mol. The molecule has 0 radical (unpaired) electrons. The Labute approximate surface area is 244 Å². The standard InChI is InChI=1S/C33H32O3S3/c1-35-25-20-24(21-26(23-25)36-2)22-30-31(18-19-32(30)34)33(37-27-12-6-3-7-13-27,38-28-14-8-4-9-15-28)39-29-16-10-5-11-17-29/h3-17,20-21,23,30-31H,18-19,22H2,1-2H3/t30-,31+/m1/s1. The van der Waals surface area contributed by atoms with E-state index in [0.717, 1.165) is 23.5 Å². The van der Waals surface area contributed by atoms with E-state index in [1.807, 2.05) is 53.5 Å². The fraction of sp³-hybridized carbons (Fsp3) is 0.242. The van der Waals surface area contributed by atoms with Crippen LogP contribution in [0.2, 0.25) is 0 Å². The van der Waals surface area contributed by atoms with Gasteiger partial charge in [-0.15, -0.1) is 0 Å². The first-order chi connectivity index (χ1) is 19.1. The number of thioether (sulfide) groups is 3. The molecular formula is C33H32O3S3. The number of ether oxygens (including phenoxy) is 2. The lowest BCUT2D eigenvalue weighted by Crippen LogP contribution is -2.33. The normalized spacial score (nSPS) is 17.2. The molecule has 0 bridgehead atoms. The maximum absolute atomic E-state index is 13.6. The number of Topliss-reactive ketones (excluding diaryl/α,β-unsaturated/α-hetero) is 1. The van der Waals surface area contributed by atoms with Crippen LogP contribution >= 0.6 is 35.3 Å². The monoisotopic (exact) mass is 572 g/mol. The highest BCUT2D eigenvalue weighted by Crippen LogP contribution is 2.63. The summed E-state index contributed by atoms with van der Waals surface area (Å²) in [5.74, 6) is 1.83. The van der Waals surface area contributed by atoms with Crippen LogP contribution in [-0.2, 0) is 11.2 Å². The van der Waals surface area contributed by atoms with Crippen molar-refractivity contribution in [2.24, 2.45) is 11.8 Å². The lowest BCUT2D eigenvalue weighted by molar-refractivity contribution is -0.121. The van der Waals surface area contributed by atoms with Crippen molar-refractivity contribution in [2.45, 2.75) is 37.4 Å². The molecule has 39 heavy (non-hydrogen) atoms. The molecule has 0 amide bonds. The molecule has 200 valence electrons. The number of methoxy groups -OCH3 is 2. The zero-order valence-corrected chi connectivity index (χ0v) is 24.6. The minimum Gasteiger partial charge on any atom is -0.497 e. The van der Waals surface area contributed by atoms with Crippen molar-refractivity contribution in [1.29, 1.82) is 0 Å². The number of hydrogen-bond acceptors (Lipinski definition) is 6. The fourth-order valence-electron chi connectivity index (χ4n) is 5.07. The molecule has 0 unspecified atom stereocenters. The zero-order chi connectivity index (χ0) is 27.1. The number of carbonyl (C=O) groups excluding carboxylic acids is 1. The third kappa shape index (κ3) is 6.86. The van der Waals surface area contributed by atoms with Gasteiger partial charge in [-0.2, -0.15) is 0 Å². The zero-order valence-electron chi connectivity index (χ0n) is 22.1. The van der Waals surface area contributed by atoms with E-state index >= 15 is 0 Å². The minimum atomic E-state index is -0.371. The van der Waals surface area contributed by atoms with Crippen molar-refractivity contribution in [2.75, 3.05) is 14.2 Å². The largest absolute Gasteiger partial charge is 0.497 e. The Morgan fingerprint density at radius 2 is 1.13 bits per heavy atom. The Hall–Kier alpha value is -2.80. The van der Waals surface area contributed by atoms with Crippen molar-refractivity contribution in [3.63, 3.8) is 0 Å². The van der Waals surface area contributed by atoms with Gasteiger partial charge in [0.05, 0.1) is 14.2 Å². The molecule has 6 heteroatoms. The van der Waals surface area contributed by atoms with Crippen LogP contribution in [0.1, 0.15) is 18.4 Å². The molecule has 1 aliphatic carbocycles. The Morgan fingerprint density at radius 1 is 0.692 bits per heavy atom. The van der Waals surface area contributed by atoms with Crippen LogP contribution in [-0.4, -0.2) is 23.4 Å². The highest BCUT2D eigenvalue weighted by Gasteiger charge is 2.51. The number of hydrogen-bond donors (Lipinski definition) is 0. The number of rotatable bonds is 11. The second-order valence-corrected chi connectivity index (χ2v) is 14.2. The molecule has 1 saturated carbocycles. The van der Waals surface area contributed by atoms with E-state index in [-0.39, 0.29) is 15.2 Å². The summed E-state index contributed by atoms with van der Waals surface area (Å²) in [4.78, 5) is 17.2. The third-order valence-corrected chi connectivity index (χ3v) is 11.7. The highest BCUT2D eigenvalue weighted by molar-refractivity contribution is 8.33. The first kappa shape index (κ1) is 27.8. The molecule has 0 aromatic heterocycles. The topological polar surface area (TPSA) is 35.5 Å². The van der Waals surface area contributed by atoms with Crippen LogP contribution < -0.4 is 9.47 Å². The molecule has 2 atom stereocenters. The van der Waals surface area contributed by atoms with E-state index in [2.05, 4.69) is 91.0 Å². The third-order valence-electron chi connectivity index (χ3n) is 6.93. The maximum Gasteiger partial charge on any atom is 0.136 e. The molecule has 1 fully saturated rings. The van der Waals surface area contributed by atoms with Gasteiger partial charge in [0.1, 0.15) is 20.7 Å². The first-order valence-corrected chi connectivity index (χ1v) is 15.5. The number of carbonyl (C=O) groups is 1. The molecular weight excluding hydrogens is 541 g/mol. The molecule has 0 heterocycles. The average Bonchev–Trinajstić information content (AvgIpc) is 3.34. The Morgan fingerprint density at radius 3 is 1.54 bits per heavy atom. The van der Waals surface area contributed by atoms with Gasteiger partial charge < -0.3 is 9.47 Å². The molecule has 0 spiro atoms. The van der Waals surface area contributed by atoms with E-state index in [4.69, 9.17) is 9.47 Å². The molecule has 4 aromatic carbocycles. The quantitative estimate of drug-likeness (QED) is 0.132. The summed E-state index contributed by atoms with van der Waals surface area (Å²) in [6, 6.07) is 37.7. The molecule has 5 rings (SSSR count). The number of ketones is 1. The van der Waals surface area contributed by atoms with E-state index in [1.54, 1.807) is 14.2 Å². The van der Waals surface area contributed by atoms with Gasteiger partial charge in [0.25, 0.3) is 0 Å². The van der Waals surface area contributed by atoms with Gasteiger partial charge in [0, 0.05) is 39.0 Å². The van der Waals surface area contributed by atoms with E-state index < -0.39 is 0 Å². The predicted octanol–water partition coefficient (Wildman–Crippen LogP) is 8.87. The summed E-state index contributed by atoms with van der Waals surface area (Å²) < 4.78 is 10.7.